The molecule has 0 bridgehead atoms. The van der Waals surface area contributed by atoms with Gasteiger partial charge in [-0.05, 0) is 19.4 Å². The second-order valence-corrected chi connectivity index (χ2v) is 3.60. The maximum absolute atomic E-state index is 11.7. The number of carbonyl (C=O) groups excluding carboxylic acids is 2. The van der Waals surface area contributed by atoms with Crippen molar-refractivity contribution in [1.82, 2.24) is 5.32 Å². The number of ketones is 1. The first-order valence-electron chi connectivity index (χ1n) is 4.80. The molecule has 1 rings (SSSR count). The molecule has 0 spiro atoms. The zero-order valence-electron chi connectivity index (χ0n) is 8.23. The van der Waals surface area contributed by atoms with E-state index in [0.29, 0.717) is 6.42 Å². The minimum Gasteiger partial charge on any atom is -0.481 e. The Morgan fingerprint density at radius 3 is 2.53 bits per heavy atom. The molecule has 2 atom stereocenters. The summed E-state index contributed by atoms with van der Waals surface area (Å²) in [6.07, 6.45) is 0.976. The van der Waals surface area contributed by atoms with Crippen LogP contribution in [0.1, 0.15) is 19.3 Å². The minimum absolute atomic E-state index is 0.401. The Bertz CT molecular complexity index is 284. The molecule has 1 saturated heterocycles. The summed E-state index contributed by atoms with van der Waals surface area (Å²) in [6, 6.07) is -0.415. The molecule has 1 aliphatic heterocycles. The highest BCUT2D eigenvalue weighted by molar-refractivity contribution is 6.05. The molecule has 84 valence electrons. The monoisotopic (exact) mass is 214 g/mol. The molecule has 0 aromatic heterocycles. The zero-order valence-corrected chi connectivity index (χ0v) is 8.23. The number of aliphatic carboxylic acids is 1. The fraction of sp³-hybridized carbons (Fsp3) is 0.667. The lowest BCUT2D eigenvalue weighted by Crippen LogP contribution is -2.42. The van der Waals surface area contributed by atoms with Gasteiger partial charge in [0.1, 0.15) is 5.92 Å². The SMILES string of the molecule is NC(=O)[C@@H](CC(=O)O)C(=O)[C@@H]1CCCN1. The molecule has 1 aliphatic rings. The number of hydrogen-bond donors (Lipinski definition) is 3. The Kier molecular flexibility index (Phi) is 3.79. The molecule has 1 amide bonds. The highest BCUT2D eigenvalue weighted by atomic mass is 16.4. The van der Waals surface area contributed by atoms with Crippen molar-refractivity contribution in [2.24, 2.45) is 11.7 Å². The van der Waals surface area contributed by atoms with Gasteiger partial charge in [0.2, 0.25) is 5.91 Å². The van der Waals surface area contributed by atoms with Crippen LogP contribution in [0.3, 0.4) is 0 Å². The summed E-state index contributed by atoms with van der Waals surface area (Å²) in [4.78, 5) is 33.1. The standard InChI is InChI=1S/C9H14N2O4/c10-9(15)5(4-7(12)13)8(14)6-2-1-3-11-6/h5-6,11H,1-4H2,(H2,10,15)(H,12,13)/t5-,6-/m0/s1. The number of carboxylic acid groups (broad SMARTS) is 1. The van der Waals surface area contributed by atoms with E-state index in [4.69, 9.17) is 10.8 Å². The molecule has 6 heteroatoms. The van der Waals surface area contributed by atoms with Gasteiger partial charge in [0, 0.05) is 0 Å². The molecule has 1 fully saturated rings. The summed E-state index contributed by atoms with van der Waals surface area (Å²) < 4.78 is 0. The van der Waals surface area contributed by atoms with Crippen LogP contribution in [-0.4, -0.2) is 35.4 Å². The Hall–Kier alpha value is -1.43. The molecule has 0 radical (unpaired) electrons. The molecular weight excluding hydrogens is 200 g/mol. The van der Waals surface area contributed by atoms with Gasteiger partial charge in [-0.1, -0.05) is 0 Å². The van der Waals surface area contributed by atoms with E-state index in [-0.39, 0.29) is 0 Å². The van der Waals surface area contributed by atoms with Crippen LogP contribution in [0.4, 0.5) is 0 Å². The topological polar surface area (TPSA) is 109 Å². The van der Waals surface area contributed by atoms with E-state index in [0.717, 1.165) is 13.0 Å². The Morgan fingerprint density at radius 2 is 2.13 bits per heavy atom. The van der Waals surface area contributed by atoms with Crippen LogP contribution in [0.2, 0.25) is 0 Å². The number of carboxylic acids is 1. The van der Waals surface area contributed by atoms with Crippen molar-refractivity contribution >= 4 is 17.7 Å². The van der Waals surface area contributed by atoms with Gasteiger partial charge in [-0.2, -0.15) is 0 Å². The molecule has 15 heavy (non-hydrogen) atoms. The molecule has 0 aromatic rings. The summed E-state index contributed by atoms with van der Waals surface area (Å²) in [5.74, 6) is -3.67. The van der Waals surface area contributed by atoms with Gasteiger partial charge in [0.15, 0.2) is 5.78 Å². The van der Waals surface area contributed by atoms with Gasteiger partial charge >= 0.3 is 5.97 Å². The number of nitrogens with two attached hydrogens (primary N) is 1. The average molecular weight is 214 g/mol. The van der Waals surface area contributed by atoms with Crippen molar-refractivity contribution < 1.29 is 19.5 Å². The van der Waals surface area contributed by atoms with Crippen LogP contribution in [0.25, 0.3) is 0 Å². The van der Waals surface area contributed by atoms with Crippen molar-refractivity contribution in [2.45, 2.75) is 25.3 Å². The van der Waals surface area contributed by atoms with Crippen LogP contribution in [-0.2, 0) is 14.4 Å². The number of carbonyl (C=O) groups is 3. The molecule has 6 nitrogen and oxygen atoms in total. The van der Waals surface area contributed by atoms with Crippen LogP contribution in [0.15, 0.2) is 0 Å². The maximum Gasteiger partial charge on any atom is 0.304 e. The third kappa shape index (κ3) is 3.02. The van der Waals surface area contributed by atoms with Crippen molar-refractivity contribution in [3.8, 4) is 0 Å². The third-order valence-corrected chi connectivity index (χ3v) is 2.47. The summed E-state index contributed by atoms with van der Waals surface area (Å²) >= 11 is 0. The quantitative estimate of drug-likeness (QED) is 0.502. The number of amides is 1. The summed E-state index contributed by atoms with van der Waals surface area (Å²) in [7, 11) is 0. The van der Waals surface area contributed by atoms with Gasteiger partial charge in [0.25, 0.3) is 0 Å². The minimum atomic E-state index is -1.21. The summed E-state index contributed by atoms with van der Waals surface area (Å²) in [5, 5.41) is 11.5. The Labute approximate surface area is 86.8 Å². The van der Waals surface area contributed by atoms with Gasteiger partial charge in [-0.3, -0.25) is 14.4 Å². The smallest absolute Gasteiger partial charge is 0.304 e. The second-order valence-electron chi connectivity index (χ2n) is 3.60. The van der Waals surface area contributed by atoms with Crippen LogP contribution < -0.4 is 11.1 Å². The average Bonchev–Trinajstić information content (AvgIpc) is 2.65. The Morgan fingerprint density at radius 1 is 1.47 bits per heavy atom. The molecule has 0 aliphatic carbocycles. The second kappa shape index (κ2) is 4.88. The lowest BCUT2D eigenvalue weighted by atomic mass is 9.93. The van der Waals surface area contributed by atoms with Crippen molar-refractivity contribution in [3.05, 3.63) is 0 Å². The predicted octanol–water partition coefficient (Wildman–Crippen LogP) is -1.12. The third-order valence-electron chi connectivity index (χ3n) is 2.47. The van der Waals surface area contributed by atoms with Crippen LogP contribution in [0, 0.1) is 5.92 Å². The molecule has 0 aromatic carbocycles. The number of Topliss-reactive ketones (excluding diaryl/α,β-unsaturated/α-hetero) is 1. The van der Waals surface area contributed by atoms with E-state index in [1.807, 2.05) is 0 Å². The predicted molar refractivity (Wildman–Crippen MR) is 51.0 cm³/mol. The normalized spacial score (nSPS) is 22.3. The molecule has 1 heterocycles. The number of rotatable bonds is 5. The summed E-state index contributed by atoms with van der Waals surface area (Å²) in [6.45, 7) is 0.717. The molecule has 0 unspecified atom stereocenters. The number of hydrogen-bond acceptors (Lipinski definition) is 4. The summed E-state index contributed by atoms with van der Waals surface area (Å²) in [5.41, 5.74) is 5.00. The van der Waals surface area contributed by atoms with Crippen molar-refractivity contribution in [1.29, 1.82) is 0 Å². The first kappa shape index (κ1) is 11.6. The van der Waals surface area contributed by atoms with Crippen LogP contribution in [0.5, 0.6) is 0 Å². The fourth-order valence-electron chi connectivity index (χ4n) is 1.69. The van der Waals surface area contributed by atoms with Gasteiger partial charge in [-0.25, -0.2) is 0 Å². The molecule has 0 saturated carbocycles. The lowest BCUT2D eigenvalue weighted by molar-refractivity contribution is -0.144. The number of nitrogens with one attached hydrogen (secondary N) is 1. The van der Waals surface area contributed by atoms with E-state index < -0.39 is 36.0 Å². The van der Waals surface area contributed by atoms with E-state index in [1.54, 1.807) is 0 Å². The highest BCUT2D eigenvalue weighted by Gasteiger charge is 2.33. The fourth-order valence-corrected chi connectivity index (χ4v) is 1.69. The zero-order chi connectivity index (χ0) is 11.4. The van der Waals surface area contributed by atoms with Gasteiger partial charge in [0.05, 0.1) is 12.5 Å². The maximum atomic E-state index is 11.7. The molecule has 4 N–H and O–H groups in total. The van der Waals surface area contributed by atoms with Crippen molar-refractivity contribution in [3.63, 3.8) is 0 Å². The van der Waals surface area contributed by atoms with E-state index >= 15 is 0 Å². The van der Waals surface area contributed by atoms with Crippen molar-refractivity contribution in [2.75, 3.05) is 6.54 Å². The number of primary amides is 1. The highest BCUT2D eigenvalue weighted by Crippen LogP contribution is 2.14. The largest absolute Gasteiger partial charge is 0.481 e. The van der Waals surface area contributed by atoms with E-state index in [2.05, 4.69) is 5.32 Å². The van der Waals surface area contributed by atoms with Gasteiger partial charge in [-0.15, -0.1) is 0 Å². The van der Waals surface area contributed by atoms with E-state index in [1.165, 1.54) is 0 Å². The Balaban J connectivity index is 2.65. The lowest BCUT2D eigenvalue weighted by Gasteiger charge is -2.14. The first-order valence-corrected chi connectivity index (χ1v) is 4.80. The molecular formula is C9H14N2O4. The van der Waals surface area contributed by atoms with Gasteiger partial charge < -0.3 is 16.2 Å². The van der Waals surface area contributed by atoms with Crippen LogP contribution >= 0.6 is 0 Å². The first-order chi connectivity index (χ1) is 7.02. The van der Waals surface area contributed by atoms with E-state index in [9.17, 15) is 14.4 Å².